The summed E-state index contributed by atoms with van der Waals surface area (Å²) in [4.78, 5) is 36.3. The lowest BCUT2D eigenvalue weighted by Crippen LogP contribution is -2.32. The van der Waals surface area contributed by atoms with Crippen molar-refractivity contribution in [1.82, 2.24) is 25.7 Å². The number of hydrogen-bond acceptors (Lipinski definition) is 4. The summed E-state index contributed by atoms with van der Waals surface area (Å²) in [6.07, 6.45) is 0.452. The van der Waals surface area contributed by atoms with Crippen LogP contribution in [-0.2, 0) is 16.1 Å². The standard InChI is InChI=1S/C17H19N5O3/c1-22(15(23)8-7-13-16(24)19-17(25)18-13)10-12-9-14(21-20-12)11-5-3-2-4-6-11/h2-6,9,13H,7-8,10H2,1H3,(H,20,21)(H2,18,19,24,25)/t13-/m1/s1. The normalized spacial score (nSPS) is 16.4. The predicted octanol–water partition coefficient (Wildman–Crippen LogP) is 1.02. The van der Waals surface area contributed by atoms with E-state index in [-0.39, 0.29) is 24.7 Å². The molecular weight excluding hydrogens is 322 g/mol. The molecule has 1 saturated heterocycles. The Kier molecular flexibility index (Phi) is 4.78. The number of aromatic amines is 1. The second kappa shape index (κ2) is 7.16. The molecule has 0 aliphatic carbocycles. The molecule has 130 valence electrons. The van der Waals surface area contributed by atoms with E-state index in [4.69, 9.17) is 0 Å². The number of nitrogens with one attached hydrogen (secondary N) is 3. The number of H-pyrrole nitrogens is 1. The molecule has 3 N–H and O–H groups in total. The molecule has 1 fully saturated rings. The number of urea groups is 1. The second-order valence-electron chi connectivity index (χ2n) is 5.95. The minimum atomic E-state index is -0.637. The van der Waals surface area contributed by atoms with E-state index in [2.05, 4.69) is 20.8 Å². The van der Waals surface area contributed by atoms with Gasteiger partial charge in [0.15, 0.2) is 0 Å². The fourth-order valence-corrected chi connectivity index (χ4v) is 2.66. The summed E-state index contributed by atoms with van der Waals surface area (Å²) < 4.78 is 0. The number of benzene rings is 1. The topological polar surface area (TPSA) is 107 Å². The molecule has 4 amide bonds. The largest absolute Gasteiger partial charge is 0.340 e. The zero-order chi connectivity index (χ0) is 17.8. The van der Waals surface area contributed by atoms with Crippen LogP contribution in [0.4, 0.5) is 4.79 Å². The number of carbonyl (C=O) groups is 3. The number of imide groups is 1. The van der Waals surface area contributed by atoms with Gasteiger partial charge >= 0.3 is 6.03 Å². The molecule has 1 aliphatic heterocycles. The predicted molar refractivity (Wildman–Crippen MR) is 90.2 cm³/mol. The van der Waals surface area contributed by atoms with Crippen molar-refractivity contribution < 1.29 is 14.4 Å². The lowest BCUT2D eigenvalue weighted by atomic mass is 10.1. The first-order chi connectivity index (χ1) is 12.0. The van der Waals surface area contributed by atoms with Crippen molar-refractivity contribution in [2.45, 2.75) is 25.4 Å². The quantitative estimate of drug-likeness (QED) is 0.682. The summed E-state index contributed by atoms with van der Waals surface area (Å²) in [5.74, 6) is -0.494. The van der Waals surface area contributed by atoms with Gasteiger partial charge in [-0.15, -0.1) is 0 Å². The van der Waals surface area contributed by atoms with E-state index in [0.717, 1.165) is 17.0 Å². The molecule has 0 bridgehead atoms. The maximum atomic E-state index is 12.2. The van der Waals surface area contributed by atoms with Crippen LogP contribution in [0.1, 0.15) is 18.5 Å². The molecule has 0 unspecified atom stereocenters. The van der Waals surface area contributed by atoms with Gasteiger partial charge in [0.1, 0.15) is 6.04 Å². The van der Waals surface area contributed by atoms with Gasteiger partial charge in [0, 0.05) is 19.0 Å². The van der Waals surface area contributed by atoms with Crippen molar-refractivity contribution in [3.8, 4) is 11.3 Å². The minimum absolute atomic E-state index is 0.107. The molecule has 2 heterocycles. The molecular formula is C17H19N5O3. The van der Waals surface area contributed by atoms with Crippen LogP contribution in [0.3, 0.4) is 0 Å². The van der Waals surface area contributed by atoms with Gasteiger partial charge in [-0.1, -0.05) is 30.3 Å². The van der Waals surface area contributed by atoms with Gasteiger partial charge in [-0.25, -0.2) is 4.79 Å². The van der Waals surface area contributed by atoms with Crippen molar-refractivity contribution in [2.75, 3.05) is 7.05 Å². The van der Waals surface area contributed by atoms with Crippen LogP contribution < -0.4 is 10.6 Å². The lowest BCUT2D eigenvalue weighted by molar-refractivity contribution is -0.130. The van der Waals surface area contributed by atoms with Gasteiger partial charge in [0.05, 0.1) is 17.9 Å². The van der Waals surface area contributed by atoms with Gasteiger partial charge in [0.2, 0.25) is 5.91 Å². The number of aromatic nitrogens is 2. The highest BCUT2D eigenvalue weighted by molar-refractivity contribution is 6.04. The Morgan fingerprint density at radius 1 is 1.24 bits per heavy atom. The Bertz CT molecular complexity index is 787. The smallest absolute Gasteiger partial charge is 0.322 e. The molecule has 1 atom stereocenters. The molecule has 0 saturated carbocycles. The molecule has 8 heteroatoms. The third-order valence-electron chi connectivity index (χ3n) is 4.04. The summed E-state index contributed by atoms with van der Waals surface area (Å²) in [6, 6.07) is 10.5. The molecule has 3 rings (SSSR count). The van der Waals surface area contributed by atoms with E-state index in [1.54, 1.807) is 11.9 Å². The molecule has 1 aromatic carbocycles. The molecule has 1 aromatic heterocycles. The summed E-state index contributed by atoms with van der Waals surface area (Å²) in [5.41, 5.74) is 2.64. The van der Waals surface area contributed by atoms with E-state index in [0.29, 0.717) is 6.54 Å². The summed E-state index contributed by atoms with van der Waals surface area (Å²) in [5, 5.41) is 11.8. The fourth-order valence-electron chi connectivity index (χ4n) is 2.66. The van der Waals surface area contributed by atoms with E-state index in [1.165, 1.54) is 0 Å². The van der Waals surface area contributed by atoms with E-state index < -0.39 is 12.1 Å². The van der Waals surface area contributed by atoms with Crippen LogP contribution in [0.5, 0.6) is 0 Å². The second-order valence-corrected chi connectivity index (χ2v) is 5.95. The van der Waals surface area contributed by atoms with Crippen molar-refractivity contribution >= 4 is 17.8 Å². The van der Waals surface area contributed by atoms with Gasteiger partial charge in [-0.2, -0.15) is 5.10 Å². The average Bonchev–Trinajstić information content (AvgIpc) is 3.19. The molecule has 25 heavy (non-hydrogen) atoms. The zero-order valence-electron chi connectivity index (χ0n) is 13.8. The third-order valence-corrected chi connectivity index (χ3v) is 4.04. The highest BCUT2D eigenvalue weighted by Gasteiger charge is 2.29. The Morgan fingerprint density at radius 2 is 2.00 bits per heavy atom. The summed E-state index contributed by atoms with van der Waals surface area (Å²) >= 11 is 0. The van der Waals surface area contributed by atoms with Gasteiger partial charge in [-0.3, -0.25) is 20.0 Å². The van der Waals surface area contributed by atoms with Crippen LogP contribution in [0.15, 0.2) is 36.4 Å². The minimum Gasteiger partial charge on any atom is -0.340 e. The monoisotopic (exact) mass is 341 g/mol. The molecule has 8 nitrogen and oxygen atoms in total. The van der Waals surface area contributed by atoms with E-state index in [9.17, 15) is 14.4 Å². The molecule has 2 aromatic rings. The van der Waals surface area contributed by atoms with Crippen LogP contribution in [0.25, 0.3) is 11.3 Å². The van der Waals surface area contributed by atoms with Crippen molar-refractivity contribution in [2.24, 2.45) is 0 Å². The third kappa shape index (κ3) is 4.03. The highest BCUT2D eigenvalue weighted by Crippen LogP contribution is 2.17. The van der Waals surface area contributed by atoms with E-state index in [1.807, 2.05) is 36.4 Å². The van der Waals surface area contributed by atoms with Crippen LogP contribution >= 0.6 is 0 Å². The molecule has 0 spiro atoms. The first-order valence-corrected chi connectivity index (χ1v) is 7.98. The van der Waals surface area contributed by atoms with Crippen LogP contribution in [-0.4, -0.2) is 46.0 Å². The Balaban J connectivity index is 1.52. The summed E-state index contributed by atoms with van der Waals surface area (Å²) in [6.45, 7) is 0.391. The number of nitrogens with zero attached hydrogens (tertiary/aromatic N) is 2. The number of hydrogen-bond donors (Lipinski definition) is 3. The fraction of sp³-hybridized carbons (Fsp3) is 0.294. The molecule has 0 radical (unpaired) electrons. The lowest BCUT2D eigenvalue weighted by Gasteiger charge is -2.16. The summed E-state index contributed by atoms with van der Waals surface area (Å²) in [7, 11) is 1.69. The number of amides is 4. The number of rotatable bonds is 6. The van der Waals surface area contributed by atoms with Crippen molar-refractivity contribution in [3.63, 3.8) is 0 Å². The Labute approximate surface area is 144 Å². The average molecular weight is 341 g/mol. The van der Waals surface area contributed by atoms with Crippen molar-refractivity contribution in [1.29, 1.82) is 0 Å². The van der Waals surface area contributed by atoms with Gasteiger partial charge < -0.3 is 10.2 Å². The highest BCUT2D eigenvalue weighted by atomic mass is 16.2. The Hall–Kier alpha value is -3.16. The first kappa shape index (κ1) is 16.7. The van der Waals surface area contributed by atoms with Crippen LogP contribution in [0.2, 0.25) is 0 Å². The maximum absolute atomic E-state index is 12.2. The van der Waals surface area contributed by atoms with Gasteiger partial charge in [-0.05, 0) is 12.5 Å². The SMILES string of the molecule is CN(Cc1cc(-c2ccccc2)n[nH]1)C(=O)CC[C@H]1NC(=O)NC1=O. The number of carbonyl (C=O) groups excluding carboxylic acids is 3. The van der Waals surface area contributed by atoms with Gasteiger partial charge in [0.25, 0.3) is 5.91 Å². The van der Waals surface area contributed by atoms with Crippen molar-refractivity contribution in [3.05, 3.63) is 42.1 Å². The maximum Gasteiger partial charge on any atom is 0.322 e. The van der Waals surface area contributed by atoms with Crippen LogP contribution in [0, 0.1) is 0 Å². The zero-order valence-corrected chi connectivity index (χ0v) is 13.8. The Morgan fingerprint density at radius 3 is 2.68 bits per heavy atom. The molecule has 1 aliphatic rings. The first-order valence-electron chi connectivity index (χ1n) is 7.98. The van der Waals surface area contributed by atoms with E-state index >= 15 is 0 Å².